The summed E-state index contributed by atoms with van der Waals surface area (Å²) in [5.41, 5.74) is 5.93. The lowest BCUT2D eigenvalue weighted by Crippen LogP contribution is -2.27. The topological polar surface area (TPSA) is 12.9 Å². The first-order chi connectivity index (χ1) is 10.3. The Kier molecular flexibility index (Phi) is 5.63. The van der Waals surface area contributed by atoms with Crippen molar-refractivity contribution in [2.24, 2.45) is 11.8 Å². The molecule has 0 bridgehead atoms. The van der Waals surface area contributed by atoms with Crippen LogP contribution in [0.15, 0.2) is 6.20 Å². The average Bonchev–Trinajstić information content (AvgIpc) is 2.44. The van der Waals surface area contributed by atoms with E-state index >= 15 is 0 Å². The van der Waals surface area contributed by atoms with Crippen LogP contribution in [0, 0.1) is 18.8 Å². The van der Waals surface area contributed by atoms with Crippen LogP contribution in [-0.4, -0.2) is 16.0 Å². The van der Waals surface area contributed by atoms with Crippen LogP contribution in [0.2, 0.25) is 0 Å². The van der Waals surface area contributed by atoms with Crippen molar-refractivity contribution in [3.8, 4) is 0 Å². The van der Waals surface area contributed by atoms with Gasteiger partial charge in [0.15, 0.2) is 0 Å². The monoisotopic (exact) mass is 319 g/mol. The Hall–Kier alpha value is -0.500. The molecule has 0 saturated carbocycles. The fourth-order valence-electron chi connectivity index (χ4n) is 3.79. The summed E-state index contributed by atoms with van der Waals surface area (Å²) in [5, 5.41) is 0.714. The fraction of sp³-hybridized carbons (Fsp3) is 0.750. The van der Waals surface area contributed by atoms with Gasteiger partial charge in [0.2, 0.25) is 0 Å². The predicted molar refractivity (Wildman–Crippen MR) is 100 cm³/mol. The highest BCUT2D eigenvalue weighted by atomic mass is 32.2. The molecule has 0 aromatic carbocycles. The molecule has 22 heavy (non-hydrogen) atoms. The van der Waals surface area contributed by atoms with E-state index in [4.69, 9.17) is 4.98 Å². The zero-order chi connectivity index (χ0) is 16.6. The molecule has 0 amide bonds. The van der Waals surface area contributed by atoms with E-state index in [-0.39, 0.29) is 0 Å². The number of aryl methyl sites for hydroxylation is 1. The van der Waals surface area contributed by atoms with E-state index in [2.05, 4.69) is 73.3 Å². The van der Waals surface area contributed by atoms with Gasteiger partial charge in [-0.3, -0.25) is 4.98 Å². The third-order valence-electron chi connectivity index (χ3n) is 5.71. The minimum absolute atomic E-state index is 0.549. The first-order valence-electron chi connectivity index (χ1n) is 8.86. The number of hydrogen-bond acceptors (Lipinski definition) is 2. The van der Waals surface area contributed by atoms with Gasteiger partial charge >= 0.3 is 0 Å². The number of fused-ring (bicyclic) bond motifs is 1. The molecule has 0 radical (unpaired) electrons. The quantitative estimate of drug-likeness (QED) is 0.650. The maximum absolute atomic E-state index is 4.78. The first kappa shape index (κ1) is 17.8. The Morgan fingerprint density at radius 1 is 1.09 bits per heavy atom. The number of thioether (sulfide) groups is 1. The van der Waals surface area contributed by atoms with Crippen molar-refractivity contribution in [3.63, 3.8) is 0 Å². The van der Waals surface area contributed by atoms with E-state index in [1.807, 2.05) is 0 Å². The number of hydrogen-bond donors (Lipinski definition) is 0. The fourth-order valence-corrected chi connectivity index (χ4v) is 5.39. The SMILES string of the molecule is Cc1ncc(C(C)C)c2c1[C@@H](C)[C@@H](C)[C@@H](C)SCC2C(C)C. The zero-order valence-corrected chi connectivity index (χ0v) is 16.4. The average molecular weight is 320 g/mol. The Labute approximate surface area is 141 Å². The second-order valence-electron chi connectivity index (χ2n) is 7.82. The molecule has 1 nitrogen and oxygen atoms in total. The molecular formula is C20H33NS. The van der Waals surface area contributed by atoms with Crippen LogP contribution >= 0.6 is 11.8 Å². The van der Waals surface area contributed by atoms with Crippen molar-refractivity contribution in [2.75, 3.05) is 5.75 Å². The molecule has 4 atom stereocenters. The number of rotatable bonds is 2. The van der Waals surface area contributed by atoms with Crippen molar-refractivity contribution < 1.29 is 0 Å². The van der Waals surface area contributed by atoms with Gasteiger partial charge in [-0.1, -0.05) is 48.5 Å². The molecule has 2 heteroatoms. The molecule has 0 spiro atoms. The molecule has 0 N–H and O–H groups in total. The smallest absolute Gasteiger partial charge is 0.0410 e. The van der Waals surface area contributed by atoms with Gasteiger partial charge < -0.3 is 0 Å². The van der Waals surface area contributed by atoms with E-state index in [1.165, 1.54) is 17.0 Å². The molecule has 1 unspecified atom stereocenters. The van der Waals surface area contributed by atoms with Gasteiger partial charge in [-0.15, -0.1) is 0 Å². The second kappa shape index (κ2) is 6.95. The Morgan fingerprint density at radius 2 is 1.73 bits per heavy atom. The standard InChI is InChI=1S/C20H33NS/c1-11(2)17-9-21-15(7)19-14(6)13(5)16(8)22-10-18(12(3)4)20(17)19/h9,11-14,16,18H,10H2,1-8H3/t13-,14+,16-,18?/m1/s1. The van der Waals surface area contributed by atoms with E-state index in [1.54, 1.807) is 11.1 Å². The normalized spacial score (nSPS) is 29.4. The lowest BCUT2D eigenvalue weighted by atomic mass is 9.75. The lowest BCUT2D eigenvalue weighted by Gasteiger charge is -2.37. The summed E-state index contributed by atoms with van der Waals surface area (Å²) < 4.78 is 0. The molecule has 0 fully saturated rings. The molecular weight excluding hydrogens is 286 g/mol. The first-order valence-corrected chi connectivity index (χ1v) is 9.91. The van der Waals surface area contributed by atoms with Gasteiger partial charge in [0.05, 0.1) is 0 Å². The van der Waals surface area contributed by atoms with Crippen molar-refractivity contribution in [1.29, 1.82) is 0 Å². The number of aromatic nitrogens is 1. The van der Waals surface area contributed by atoms with Crippen LogP contribution in [0.1, 0.15) is 88.6 Å². The second-order valence-corrected chi connectivity index (χ2v) is 9.23. The van der Waals surface area contributed by atoms with Crippen LogP contribution in [0.3, 0.4) is 0 Å². The van der Waals surface area contributed by atoms with Crippen LogP contribution < -0.4 is 0 Å². The van der Waals surface area contributed by atoms with Crippen LogP contribution in [0.4, 0.5) is 0 Å². The highest BCUT2D eigenvalue weighted by Crippen LogP contribution is 2.46. The van der Waals surface area contributed by atoms with E-state index < -0.39 is 0 Å². The van der Waals surface area contributed by atoms with Crippen molar-refractivity contribution in [1.82, 2.24) is 4.98 Å². The van der Waals surface area contributed by atoms with E-state index in [9.17, 15) is 0 Å². The molecule has 0 aliphatic carbocycles. The van der Waals surface area contributed by atoms with Crippen LogP contribution in [0.25, 0.3) is 0 Å². The molecule has 2 rings (SSSR count). The summed E-state index contributed by atoms with van der Waals surface area (Å²) in [5.74, 6) is 4.40. The van der Waals surface area contributed by atoms with Crippen LogP contribution in [0.5, 0.6) is 0 Å². The van der Waals surface area contributed by atoms with Gasteiger partial charge in [0.1, 0.15) is 0 Å². The van der Waals surface area contributed by atoms with Crippen molar-refractivity contribution >= 4 is 11.8 Å². The predicted octanol–water partition coefficient (Wildman–Crippen LogP) is 6.13. The highest BCUT2D eigenvalue weighted by Gasteiger charge is 2.33. The Bertz CT molecular complexity index is 521. The Balaban J connectivity index is 2.72. The molecule has 2 heterocycles. The molecule has 1 aromatic rings. The number of nitrogens with zero attached hydrogens (tertiary/aromatic N) is 1. The van der Waals surface area contributed by atoms with E-state index in [0.717, 1.165) is 0 Å². The third-order valence-corrected chi connectivity index (χ3v) is 7.22. The summed E-state index contributed by atoms with van der Waals surface area (Å²) in [6.45, 7) is 18.8. The minimum Gasteiger partial charge on any atom is -0.261 e. The minimum atomic E-state index is 0.549. The largest absolute Gasteiger partial charge is 0.261 e. The van der Waals surface area contributed by atoms with Crippen molar-refractivity contribution in [3.05, 3.63) is 28.6 Å². The van der Waals surface area contributed by atoms with Gasteiger partial charge in [0, 0.05) is 22.9 Å². The van der Waals surface area contributed by atoms with Crippen LogP contribution in [-0.2, 0) is 0 Å². The summed E-state index contributed by atoms with van der Waals surface area (Å²) >= 11 is 2.17. The van der Waals surface area contributed by atoms with E-state index in [0.29, 0.717) is 34.8 Å². The maximum atomic E-state index is 4.78. The molecule has 1 aliphatic heterocycles. The summed E-state index contributed by atoms with van der Waals surface area (Å²) in [7, 11) is 0. The molecule has 0 saturated heterocycles. The summed E-state index contributed by atoms with van der Waals surface area (Å²) in [6, 6.07) is 0. The zero-order valence-electron chi connectivity index (χ0n) is 15.6. The molecule has 1 aliphatic rings. The van der Waals surface area contributed by atoms with Gasteiger partial charge in [0.25, 0.3) is 0 Å². The van der Waals surface area contributed by atoms with Gasteiger partial charge in [-0.25, -0.2) is 0 Å². The lowest BCUT2D eigenvalue weighted by molar-refractivity contribution is 0.453. The molecule has 124 valence electrons. The van der Waals surface area contributed by atoms with Gasteiger partial charge in [-0.05, 0) is 53.2 Å². The van der Waals surface area contributed by atoms with Gasteiger partial charge in [-0.2, -0.15) is 11.8 Å². The Morgan fingerprint density at radius 3 is 2.27 bits per heavy atom. The summed E-state index contributed by atoms with van der Waals surface area (Å²) in [6.07, 6.45) is 2.15. The third kappa shape index (κ3) is 3.22. The maximum Gasteiger partial charge on any atom is 0.0410 e. The molecule has 1 aromatic heterocycles. The summed E-state index contributed by atoms with van der Waals surface area (Å²) in [4.78, 5) is 4.78. The highest BCUT2D eigenvalue weighted by molar-refractivity contribution is 7.99. The van der Waals surface area contributed by atoms with Crippen molar-refractivity contribution in [2.45, 2.75) is 78.4 Å². The number of pyridine rings is 1.